The molecule has 1 fully saturated rings. The van der Waals surface area contributed by atoms with Crippen LogP contribution < -0.4 is 10.1 Å². The molecule has 1 N–H and O–H groups in total. The smallest absolute Gasteiger partial charge is 0.416 e. The van der Waals surface area contributed by atoms with E-state index in [0.29, 0.717) is 24.2 Å². The fraction of sp³-hybridized carbons (Fsp3) is 0.381. The van der Waals surface area contributed by atoms with Crippen molar-refractivity contribution in [1.82, 2.24) is 4.31 Å². The van der Waals surface area contributed by atoms with Crippen molar-refractivity contribution in [1.29, 1.82) is 0 Å². The fourth-order valence-corrected chi connectivity index (χ4v) is 5.13. The molecule has 168 valence electrons. The Kier molecular flexibility index (Phi) is 6.61. The average Bonchev–Trinajstić information content (AvgIpc) is 2.73. The molecule has 1 heterocycles. The van der Waals surface area contributed by atoms with Crippen molar-refractivity contribution >= 4 is 21.6 Å². The van der Waals surface area contributed by atoms with Crippen molar-refractivity contribution in [2.45, 2.75) is 30.8 Å². The first-order valence-electron chi connectivity index (χ1n) is 9.65. The summed E-state index contributed by atoms with van der Waals surface area (Å²) in [6.45, 7) is 2.03. The second-order valence-electron chi connectivity index (χ2n) is 7.40. The van der Waals surface area contributed by atoms with Crippen LogP contribution in [0.4, 0.5) is 18.9 Å². The van der Waals surface area contributed by atoms with Crippen molar-refractivity contribution < 1.29 is 31.1 Å². The SMILES string of the molecule is COc1ccc(S(=O)(=O)N2CCC[C@H](C(=O)Nc3ccc(C(F)(F)F)cc3)C2)cc1C. The number of amides is 1. The van der Waals surface area contributed by atoms with E-state index in [0.717, 1.165) is 12.1 Å². The van der Waals surface area contributed by atoms with Gasteiger partial charge in [0.2, 0.25) is 15.9 Å². The Morgan fingerprint density at radius 1 is 1.16 bits per heavy atom. The standard InChI is InChI=1S/C21H23F3N2O4S/c1-14-12-18(9-10-19(14)30-2)31(28,29)26-11-3-4-15(13-26)20(27)25-17-7-5-16(6-8-17)21(22,23)24/h5-10,12,15H,3-4,11,13H2,1-2H3,(H,25,27)/t15-/m0/s1. The Morgan fingerprint density at radius 2 is 1.84 bits per heavy atom. The van der Waals surface area contributed by atoms with E-state index in [1.165, 1.54) is 35.7 Å². The number of benzene rings is 2. The first-order valence-corrected chi connectivity index (χ1v) is 11.1. The van der Waals surface area contributed by atoms with Crippen LogP contribution in [-0.2, 0) is 21.0 Å². The molecule has 0 aliphatic carbocycles. The molecule has 0 unspecified atom stereocenters. The van der Waals surface area contributed by atoms with Gasteiger partial charge < -0.3 is 10.1 Å². The van der Waals surface area contributed by atoms with Gasteiger partial charge in [-0.2, -0.15) is 17.5 Å². The lowest BCUT2D eigenvalue weighted by molar-refractivity contribution is -0.137. The van der Waals surface area contributed by atoms with Crippen molar-refractivity contribution in [3.63, 3.8) is 0 Å². The van der Waals surface area contributed by atoms with Gasteiger partial charge in [0.1, 0.15) is 5.75 Å². The number of carbonyl (C=O) groups excluding carboxylic acids is 1. The number of nitrogens with one attached hydrogen (secondary N) is 1. The quantitative estimate of drug-likeness (QED) is 0.736. The van der Waals surface area contributed by atoms with E-state index in [-0.39, 0.29) is 23.7 Å². The molecule has 1 aliphatic rings. The summed E-state index contributed by atoms with van der Waals surface area (Å²) in [5, 5.41) is 2.58. The number of alkyl halides is 3. The lowest BCUT2D eigenvalue weighted by atomic mass is 9.98. The van der Waals surface area contributed by atoms with E-state index in [1.807, 2.05) is 0 Å². The molecule has 6 nitrogen and oxygen atoms in total. The third-order valence-corrected chi connectivity index (χ3v) is 7.10. The lowest BCUT2D eigenvalue weighted by Crippen LogP contribution is -2.43. The van der Waals surface area contributed by atoms with Crippen LogP contribution in [0, 0.1) is 12.8 Å². The van der Waals surface area contributed by atoms with E-state index >= 15 is 0 Å². The maximum absolute atomic E-state index is 13.0. The molecule has 31 heavy (non-hydrogen) atoms. The van der Waals surface area contributed by atoms with Gasteiger partial charge in [0.25, 0.3) is 0 Å². The first-order chi connectivity index (χ1) is 14.5. The predicted molar refractivity (Wildman–Crippen MR) is 109 cm³/mol. The van der Waals surface area contributed by atoms with Crippen molar-refractivity contribution in [2.24, 2.45) is 5.92 Å². The summed E-state index contributed by atoms with van der Waals surface area (Å²) in [6.07, 6.45) is -3.47. The van der Waals surface area contributed by atoms with Crippen LogP contribution in [0.2, 0.25) is 0 Å². The van der Waals surface area contributed by atoms with Crippen LogP contribution in [0.1, 0.15) is 24.0 Å². The zero-order valence-corrected chi connectivity index (χ0v) is 17.9. The zero-order chi connectivity index (χ0) is 22.8. The molecule has 1 amide bonds. The minimum Gasteiger partial charge on any atom is -0.496 e. The van der Waals surface area contributed by atoms with Gasteiger partial charge in [0.05, 0.1) is 23.5 Å². The Morgan fingerprint density at radius 3 is 2.42 bits per heavy atom. The minimum atomic E-state index is -4.46. The van der Waals surface area contributed by atoms with Crippen LogP contribution in [0.15, 0.2) is 47.4 Å². The third kappa shape index (κ3) is 5.19. The molecular weight excluding hydrogens is 433 g/mol. The van der Waals surface area contributed by atoms with E-state index in [2.05, 4.69) is 5.32 Å². The van der Waals surface area contributed by atoms with E-state index in [1.54, 1.807) is 13.0 Å². The molecule has 1 saturated heterocycles. The molecule has 10 heteroatoms. The number of piperidine rings is 1. The molecule has 0 aromatic heterocycles. The summed E-state index contributed by atoms with van der Waals surface area (Å²) in [5.74, 6) is -0.456. The molecule has 0 saturated carbocycles. The van der Waals surface area contributed by atoms with Gasteiger partial charge in [-0.3, -0.25) is 4.79 Å². The summed E-state index contributed by atoms with van der Waals surface area (Å²) >= 11 is 0. The molecule has 1 aliphatic heterocycles. The molecule has 1 atom stereocenters. The van der Waals surface area contributed by atoms with Crippen LogP contribution in [-0.4, -0.2) is 38.8 Å². The number of hydrogen-bond acceptors (Lipinski definition) is 4. The lowest BCUT2D eigenvalue weighted by Gasteiger charge is -2.31. The Balaban J connectivity index is 1.71. The van der Waals surface area contributed by atoms with Crippen LogP contribution >= 0.6 is 0 Å². The fourth-order valence-electron chi connectivity index (χ4n) is 3.52. The molecule has 2 aromatic carbocycles. The summed E-state index contributed by atoms with van der Waals surface area (Å²) in [6, 6.07) is 8.71. The molecule has 0 radical (unpaired) electrons. The highest BCUT2D eigenvalue weighted by Gasteiger charge is 2.34. The van der Waals surface area contributed by atoms with Crippen LogP contribution in [0.3, 0.4) is 0 Å². The molecule has 0 bridgehead atoms. The predicted octanol–water partition coefficient (Wildman–Crippen LogP) is 4.06. The largest absolute Gasteiger partial charge is 0.496 e. The van der Waals surface area contributed by atoms with Gasteiger partial charge >= 0.3 is 6.18 Å². The number of nitrogens with zero attached hydrogens (tertiary/aromatic N) is 1. The van der Waals surface area contributed by atoms with Gasteiger partial charge in [0, 0.05) is 18.8 Å². The highest BCUT2D eigenvalue weighted by molar-refractivity contribution is 7.89. The Hall–Kier alpha value is -2.59. The van der Waals surface area contributed by atoms with Crippen molar-refractivity contribution in [3.8, 4) is 5.75 Å². The van der Waals surface area contributed by atoms with Crippen LogP contribution in [0.5, 0.6) is 5.75 Å². The zero-order valence-electron chi connectivity index (χ0n) is 17.1. The first kappa shape index (κ1) is 23.1. The minimum absolute atomic E-state index is 0.000121. The van der Waals surface area contributed by atoms with E-state index < -0.39 is 33.6 Å². The second kappa shape index (κ2) is 8.88. The Labute approximate surface area is 179 Å². The van der Waals surface area contributed by atoms with E-state index in [9.17, 15) is 26.4 Å². The highest BCUT2D eigenvalue weighted by atomic mass is 32.2. The van der Waals surface area contributed by atoms with Crippen LogP contribution in [0.25, 0.3) is 0 Å². The second-order valence-corrected chi connectivity index (χ2v) is 9.34. The number of methoxy groups -OCH3 is 1. The van der Waals surface area contributed by atoms with Gasteiger partial charge in [0.15, 0.2) is 0 Å². The number of rotatable bonds is 5. The number of aryl methyl sites for hydroxylation is 1. The molecule has 0 spiro atoms. The van der Waals surface area contributed by atoms with Gasteiger partial charge in [-0.25, -0.2) is 8.42 Å². The molecule has 3 rings (SSSR count). The van der Waals surface area contributed by atoms with Gasteiger partial charge in [-0.05, 0) is 67.8 Å². The number of halogens is 3. The summed E-state index contributed by atoms with van der Waals surface area (Å²) in [4.78, 5) is 12.7. The Bertz CT molecular complexity index is 1050. The van der Waals surface area contributed by atoms with Crippen molar-refractivity contribution in [3.05, 3.63) is 53.6 Å². The normalized spacial score (nSPS) is 17.9. The summed E-state index contributed by atoms with van der Waals surface area (Å²) < 4.78 is 70.6. The van der Waals surface area contributed by atoms with E-state index in [4.69, 9.17) is 4.74 Å². The highest BCUT2D eigenvalue weighted by Crippen LogP contribution is 2.31. The summed E-state index contributed by atoms with van der Waals surface area (Å²) in [5.41, 5.74) is 0.0937. The number of carbonyl (C=O) groups is 1. The molecular formula is C21H23F3N2O4S. The number of sulfonamides is 1. The maximum atomic E-state index is 13.0. The topological polar surface area (TPSA) is 75.7 Å². The maximum Gasteiger partial charge on any atom is 0.416 e. The van der Waals surface area contributed by atoms with Gasteiger partial charge in [-0.15, -0.1) is 0 Å². The van der Waals surface area contributed by atoms with Gasteiger partial charge in [-0.1, -0.05) is 0 Å². The number of anilines is 1. The third-order valence-electron chi connectivity index (χ3n) is 5.24. The average molecular weight is 456 g/mol. The monoisotopic (exact) mass is 456 g/mol. The molecule has 2 aromatic rings. The number of hydrogen-bond donors (Lipinski definition) is 1. The van der Waals surface area contributed by atoms with Crippen molar-refractivity contribution in [2.75, 3.05) is 25.5 Å². The number of ether oxygens (including phenoxy) is 1. The summed E-state index contributed by atoms with van der Waals surface area (Å²) in [7, 11) is -2.30.